The van der Waals surface area contributed by atoms with E-state index in [1.54, 1.807) is 11.3 Å². The number of hydrogen-bond donors (Lipinski definition) is 2. The van der Waals surface area contributed by atoms with E-state index in [0.29, 0.717) is 5.90 Å². The smallest absolute Gasteiger partial charge is 0.216 e. The maximum absolute atomic E-state index is 8.20. The zero-order valence-electron chi connectivity index (χ0n) is 10.6. The number of nitrogens with two attached hydrogens (primary N) is 1. The molecular weight excluding hydrogens is 244 g/mol. The maximum atomic E-state index is 8.20. The summed E-state index contributed by atoms with van der Waals surface area (Å²) < 4.78 is 5.85. The standard InChI is InChI=1S/C14H20N2OS/c15-13(17-9-5-2-1-3-6-9)12-10-7-4-8-11(10)18-14(12)16/h9,15H,1-8,16H2. The minimum atomic E-state index is 0.239. The first kappa shape index (κ1) is 12.0. The summed E-state index contributed by atoms with van der Waals surface area (Å²) in [6.45, 7) is 0. The molecule has 0 spiro atoms. The molecule has 3 nitrogen and oxygen atoms in total. The van der Waals surface area contributed by atoms with Crippen LogP contribution in [0.15, 0.2) is 0 Å². The predicted molar refractivity (Wildman–Crippen MR) is 75.5 cm³/mol. The molecule has 98 valence electrons. The molecule has 2 aliphatic rings. The molecule has 3 rings (SSSR count). The third kappa shape index (κ3) is 2.14. The van der Waals surface area contributed by atoms with Crippen molar-refractivity contribution in [2.75, 3.05) is 5.73 Å². The van der Waals surface area contributed by atoms with Gasteiger partial charge in [0, 0.05) is 4.88 Å². The molecule has 0 bridgehead atoms. The molecule has 0 atom stereocenters. The molecule has 1 aromatic heterocycles. The minimum Gasteiger partial charge on any atom is -0.474 e. The van der Waals surface area contributed by atoms with Gasteiger partial charge in [0.25, 0.3) is 0 Å². The topological polar surface area (TPSA) is 59.1 Å². The van der Waals surface area contributed by atoms with Crippen molar-refractivity contribution < 1.29 is 4.74 Å². The fourth-order valence-corrected chi connectivity index (χ4v) is 4.24. The Morgan fingerprint density at radius 3 is 2.72 bits per heavy atom. The quantitative estimate of drug-likeness (QED) is 0.634. The van der Waals surface area contributed by atoms with Gasteiger partial charge in [0.15, 0.2) is 0 Å². The van der Waals surface area contributed by atoms with E-state index in [9.17, 15) is 0 Å². The average molecular weight is 264 g/mol. The molecule has 0 unspecified atom stereocenters. The zero-order chi connectivity index (χ0) is 12.5. The highest BCUT2D eigenvalue weighted by molar-refractivity contribution is 7.16. The summed E-state index contributed by atoms with van der Waals surface area (Å²) in [5, 5.41) is 8.97. The largest absolute Gasteiger partial charge is 0.474 e. The lowest BCUT2D eigenvalue weighted by Crippen LogP contribution is -2.21. The monoisotopic (exact) mass is 264 g/mol. The van der Waals surface area contributed by atoms with Gasteiger partial charge in [-0.1, -0.05) is 6.42 Å². The number of rotatable bonds is 2. The first-order valence-electron chi connectivity index (χ1n) is 6.91. The van der Waals surface area contributed by atoms with Gasteiger partial charge in [-0.3, -0.25) is 5.41 Å². The van der Waals surface area contributed by atoms with Crippen LogP contribution in [0.5, 0.6) is 0 Å². The number of anilines is 1. The fourth-order valence-electron chi connectivity index (χ4n) is 3.08. The summed E-state index contributed by atoms with van der Waals surface area (Å²) in [6, 6.07) is 0. The Balaban J connectivity index is 1.75. The molecule has 4 heteroatoms. The molecule has 1 heterocycles. The minimum absolute atomic E-state index is 0.239. The number of nitrogens with one attached hydrogen (secondary N) is 1. The number of fused-ring (bicyclic) bond motifs is 1. The first-order valence-corrected chi connectivity index (χ1v) is 7.73. The normalized spacial score (nSPS) is 19.8. The number of thiophene rings is 1. The van der Waals surface area contributed by atoms with Crippen LogP contribution in [0.1, 0.15) is 54.5 Å². The molecule has 0 radical (unpaired) electrons. The lowest BCUT2D eigenvalue weighted by Gasteiger charge is -2.23. The summed E-state index contributed by atoms with van der Waals surface area (Å²) in [7, 11) is 0. The van der Waals surface area contributed by atoms with Crippen LogP contribution in [0.25, 0.3) is 0 Å². The number of ether oxygens (including phenoxy) is 1. The highest BCUT2D eigenvalue weighted by atomic mass is 32.1. The van der Waals surface area contributed by atoms with E-state index in [2.05, 4.69) is 0 Å². The third-order valence-electron chi connectivity index (χ3n) is 4.01. The van der Waals surface area contributed by atoms with E-state index in [0.717, 1.165) is 36.2 Å². The Kier molecular flexibility index (Phi) is 3.29. The fraction of sp³-hybridized carbons (Fsp3) is 0.643. The molecule has 1 saturated carbocycles. The lowest BCUT2D eigenvalue weighted by atomic mass is 9.97. The van der Waals surface area contributed by atoms with Crippen molar-refractivity contribution in [3.63, 3.8) is 0 Å². The van der Waals surface area contributed by atoms with Crippen LogP contribution < -0.4 is 5.73 Å². The van der Waals surface area contributed by atoms with Crippen molar-refractivity contribution in [1.82, 2.24) is 0 Å². The summed E-state index contributed by atoms with van der Waals surface area (Å²) in [5.74, 6) is 0.318. The Bertz CT molecular complexity index is 461. The first-order chi connectivity index (χ1) is 8.75. The van der Waals surface area contributed by atoms with E-state index in [4.69, 9.17) is 15.9 Å². The van der Waals surface area contributed by atoms with E-state index in [1.807, 2.05) is 0 Å². The highest BCUT2D eigenvalue weighted by Crippen LogP contribution is 2.38. The number of hydrogen-bond acceptors (Lipinski definition) is 4. The zero-order valence-corrected chi connectivity index (χ0v) is 11.4. The van der Waals surface area contributed by atoms with Crippen molar-refractivity contribution in [3.8, 4) is 0 Å². The molecular formula is C14H20N2OS. The number of nitrogen functional groups attached to an aromatic ring is 1. The molecule has 0 aliphatic heterocycles. The Morgan fingerprint density at radius 1 is 1.17 bits per heavy atom. The van der Waals surface area contributed by atoms with Crippen LogP contribution in [0, 0.1) is 5.41 Å². The maximum Gasteiger partial charge on any atom is 0.216 e. The van der Waals surface area contributed by atoms with E-state index in [1.165, 1.54) is 36.1 Å². The van der Waals surface area contributed by atoms with Gasteiger partial charge in [-0.05, 0) is 50.5 Å². The van der Waals surface area contributed by atoms with Gasteiger partial charge < -0.3 is 10.5 Å². The third-order valence-corrected chi connectivity index (χ3v) is 5.13. The SMILES string of the molecule is N=C(OC1CCCCC1)c1c(N)sc2c1CCC2. The molecule has 0 aromatic carbocycles. The molecule has 0 amide bonds. The molecule has 1 fully saturated rings. The van der Waals surface area contributed by atoms with Crippen LogP contribution in [0.2, 0.25) is 0 Å². The molecule has 1 aromatic rings. The van der Waals surface area contributed by atoms with Gasteiger partial charge in [-0.2, -0.15) is 0 Å². The van der Waals surface area contributed by atoms with Crippen molar-refractivity contribution >= 4 is 22.2 Å². The summed E-state index contributed by atoms with van der Waals surface area (Å²) in [4.78, 5) is 1.37. The molecule has 0 saturated heterocycles. The molecule has 18 heavy (non-hydrogen) atoms. The lowest BCUT2D eigenvalue weighted by molar-refractivity contribution is 0.142. The van der Waals surface area contributed by atoms with Gasteiger partial charge >= 0.3 is 0 Å². The van der Waals surface area contributed by atoms with Crippen LogP contribution >= 0.6 is 11.3 Å². The van der Waals surface area contributed by atoms with Gasteiger partial charge in [0.2, 0.25) is 5.90 Å². The van der Waals surface area contributed by atoms with Crippen LogP contribution in [-0.2, 0) is 17.6 Å². The molecule has 3 N–H and O–H groups in total. The second-order valence-electron chi connectivity index (χ2n) is 5.30. The summed E-state index contributed by atoms with van der Waals surface area (Å²) in [5.41, 5.74) is 8.25. The second kappa shape index (κ2) is 4.92. The Hall–Kier alpha value is -1.03. The van der Waals surface area contributed by atoms with Crippen molar-refractivity contribution in [3.05, 3.63) is 16.0 Å². The van der Waals surface area contributed by atoms with Gasteiger partial charge in [0.1, 0.15) is 6.10 Å². The van der Waals surface area contributed by atoms with E-state index in [-0.39, 0.29) is 6.10 Å². The molecule has 2 aliphatic carbocycles. The van der Waals surface area contributed by atoms with E-state index >= 15 is 0 Å². The van der Waals surface area contributed by atoms with Crippen LogP contribution in [0.4, 0.5) is 5.00 Å². The average Bonchev–Trinajstić information content (AvgIpc) is 2.89. The van der Waals surface area contributed by atoms with Crippen LogP contribution in [-0.4, -0.2) is 12.0 Å². The van der Waals surface area contributed by atoms with Gasteiger partial charge in [-0.25, -0.2) is 0 Å². The van der Waals surface area contributed by atoms with Gasteiger partial charge in [0.05, 0.1) is 10.6 Å². The van der Waals surface area contributed by atoms with Crippen molar-refractivity contribution in [2.24, 2.45) is 0 Å². The highest BCUT2D eigenvalue weighted by Gasteiger charge is 2.26. The second-order valence-corrected chi connectivity index (χ2v) is 6.44. The van der Waals surface area contributed by atoms with E-state index < -0.39 is 0 Å². The Morgan fingerprint density at radius 2 is 1.94 bits per heavy atom. The summed E-state index contributed by atoms with van der Waals surface area (Å²) >= 11 is 1.65. The summed E-state index contributed by atoms with van der Waals surface area (Å²) in [6.07, 6.45) is 9.58. The van der Waals surface area contributed by atoms with Crippen LogP contribution in [0.3, 0.4) is 0 Å². The number of aryl methyl sites for hydroxylation is 1. The van der Waals surface area contributed by atoms with Gasteiger partial charge in [-0.15, -0.1) is 11.3 Å². The predicted octanol–water partition coefficient (Wildman–Crippen LogP) is 3.49. The van der Waals surface area contributed by atoms with Crippen molar-refractivity contribution in [1.29, 1.82) is 5.41 Å². The van der Waals surface area contributed by atoms with Crippen molar-refractivity contribution in [2.45, 2.75) is 57.5 Å². The Labute approximate surface area is 112 Å².